The van der Waals surface area contributed by atoms with Crippen LogP contribution in [0.25, 0.3) is 11.1 Å². The van der Waals surface area contributed by atoms with Crippen LogP contribution in [0.2, 0.25) is 0 Å². The molecule has 0 bridgehead atoms. The Morgan fingerprint density at radius 1 is 1.16 bits per heavy atom. The topological polar surface area (TPSA) is 105 Å². The molecule has 0 fully saturated rings. The van der Waals surface area contributed by atoms with Gasteiger partial charge in [-0.05, 0) is 29.2 Å². The number of aromatic nitrogens is 1. The molecule has 130 valence electrons. The minimum atomic E-state index is -3.86. The molecule has 0 saturated heterocycles. The van der Waals surface area contributed by atoms with Crippen LogP contribution in [0.3, 0.4) is 0 Å². The summed E-state index contributed by atoms with van der Waals surface area (Å²) >= 11 is 0. The highest BCUT2D eigenvalue weighted by Gasteiger charge is 2.14. The van der Waals surface area contributed by atoms with E-state index >= 15 is 0 Å². The number of hydrogen-bond donors (Lipinski definition) is 2. The highest BCUT2D eigenvalue weighted by atomic mass is 32.2. The predicted octanol–water partition coefficient (Wildman–Crippen LogP) is 2.56. The van der Waals surface area contributed by atoms with E-state index in [2.05, 4.69) is 28.8 Å². The summed E-state index contributed by atoms with van der Waals surface area (Å²) in [6, 6.07) is 11.8. The molecule has 25 heavy (non-hydrogen) atoms. The number of H-pyrrole nitrogens is 1. The van der Waals surface area contributed by atoms with Crippen molar-refractivity contribution in [2.45, 2.75) is 24.7 Å². The number of sulfonamides is 1. The maximum absolute atomic E-state index is 12.3. The molecular weight excluding hydrogens is 342 g/mol. The van der Waals surface area contributed by atoms with Gasteiger partial charge in [0.25, 0.3) is 10.0 Å². The fourth-order valence-electron chi connectivity index (χ4n) is 2.28. The summed E-state index contributed by atoms with van der Waals surface area (Å²) in [5.74, 6) is -0.215. The quantitative estimate of drug-likeness (QED) is 0.539. The Morgan fingerprint density at radius 2 is 1.88 bits per heavy atom. The first-order chi connectivity index (χ1) is 11.8. The van der Waals surface area contributed by atoms with Gasteiger partial charge in [0.05, 0.1) is 16.6 Å². The van der Waals surface area contributed by atoms with Gasteiger partial charge >= 0.3 is 5.76 Å². The Balaban J connectivity index is 1.76. The summed E-state index contributed by atoms with van der Waals surface area (Å²) < 4.78 is 29.4. The molecule has 0 radical (unpaired) electrons. The first-order valence-corrected chi connectivity index (χ1v) is 9.11. The summed E-state index contributed by atoms with van der Waals surface area (Å²) in [6.45, 7) is 4.20. The first-order valence-electron chi connectivity index (χ1n) is 7.63. The maximum Gasteiger partial charge on any atom is 0.417 e. The van der Waals surface area contributed by atoms with Gasteiger partial charge in [-0.1, -0.05) is 38.1 Å². The van der Waals surface area contributed by atoms with Crippen molar-refractivity contribution in [2.75, 3.05) is 0 Å². The highest BCUT2D eigenvalue weighted by Crippen LogP contribution is 2.16. The summed E-state index contributed by atoms with van der Waals surface area (Å²) in [5.41, 5.74) is 2.57. The average molecular weight is 359 g/mol. The molecule has 3 rings (SSSR count). The lowest BCUT2D eigenvalue weighted by molar-refractivity contribution is 0.553. The molecule has 1 aromatic heterocycles. The van der Waals surface area contributed by atoms with Gasteiger partial charge in [-0.3, -0.25) is 4.98 Å². The minimum Gasteiger partial charge on any atom is -0.408 e. The monoisotopic (exact) mass is 359 g/mol. The number of rotatable bonds is 5. The molecular formula is C17H17N3O4S. The zero-order chi connectivity index (χ0) is 18.0. The van der Waals surface area contributed by atoms with Crippen molar-refractivity contribution in [3.8, 4) is 0 Å². The average Bonchev–Trinajstić information content (AvgIpc) is 2.94. The second kappa shape index (κ2) is 6.56. The fraction of sp³-hybridized carbons (Fsp3) is 0.176. The van der Waals surface area contributed by atoms with Gasteiger partial charge in [0.2, 0.25) is 0 Å². The van der Waals surface area contributed by atoms with Gasteiger partial charge < -0.3 is 4.42 Å². The summed E-state index contributed by atoms with van der Waals surface area (Å²) in [5, 5.41) is 3.79. The number of nitrogens with zero attached hydrogens (tertiary/aromatic N) is 1. The van der Waals surface area contributed by atoms with Gasteiger partial charge in [-0.2, -0.15) is 13.5 Å². The summed E-state index contributed by atoms with van der Waals surface area (Å²) in [7, 11) is -3.86. The molecule has 0 saturated carbocycles. The Bertz CT molecular complexity index is 1080. The van der Waals surface area contributed by atoms with E-state index in [9.17, 15) is 13.2 Å². The molecule has 0 aliphatic heterocycles. The second-order valence-electron chi connectivity index (χ2n) is 5.85. The highest BCUT2D eigenvalue weighted by molar-refractivity contribution is 7.89. The van der Waals surface area contributed by atoms with Crippen LogP contribution < -0.4 is 10.6 Å². The van der Waals surface area contributed by atoms with Crippen molar-refractivity contribution in [3.63, 3.8) is 0 Å². The molecule has 0 atom stereocenters. The minimum absolute atomic E-state index is 0.0462. The smallest absolute Gasteiger partial charge is 0.408 e. The maximum atomic E-state index is 12.3. The molecule has 7 nitrogen and oxygen atoms in total. The number of fused-ring (bicyclic) bond motifs is 1. The number of hydrogen-bond acceptors (Lipinski definition) is 5. The Kier molecular flexibility index (Phi) is 4.45. The van der Waals surface area contributed by atoms with Gasteiger partial charge in [-0.15, -0.1) is 0 Å². The predicted molar refractivity (Wildman–Crippen MR) is 95.3 cm³/mol. The largest absolute Gasteiger partial charge is 0.417 e. The Labute approximate surface area is 144 Å². The molecule has 0 aliphatic rings. The van der Waals surface area contributed by atoms with E-state index in [1.807, 2.05) is 24.3 Å². The van der Waals surface area contributed by atoms with Crippen LogP contribution in [0.5, 0.6) is 0 Å². The number of aromatic amines is 1. The van der Waals surface area contributed by atoms with Crippen LogP contribution in [0.1, 0.15) is 30.9 Å². The van der Waals surface area contributed by atoms with E-state index in [-0.39, 0.29) is 10.5 Å². The van der Waals surface area contributed by atoms with Gasteiger partial charge in [-0.25, -0.2) is 9.63 Å². The van der Waals surface area contributed by atoms with Crippen molar-refractivity contribution in [1.29, 1.82) is 0 Å². The molecule has 1 heterocycles. The van der Waals surface area contributed by atoms with Crippen molar-refractivity contribution in [3.05, 3.63) is 64.1 Å². The number of nitrogens with one attached hydrogen (secondary N) is 2. The van der Waals surface area contributed by atoms with Crippen LogP contribution in [0.4, 0.5) is 0 Å². The molecule has 3 aromatic rings. The van der Waals surface area contributed by atoms with E-state index in [4.69, 9.17) is 4.42 Å². The third-order valence-electron chi connectivity index (χ3n) is 3.69. The lowest BCUT2D eigenvalue weighted by Crippen LogP contribution is -2.18. The molecule has 2 N–H and O–H groups in total. The number of benzene rings is 2. The van der Waals surface area contributed by atoms with Crippen LogP contribution in [-0.2, 0) is 10.0 Å². The zero-order valence-corrected chi connectivity index (χ0v) is 14.5. The zero-order valence-electron chi connectivity index (χ0n) is 13.7. The Hall–Kier alpha value is -2.87. The molecule has 0 amide bonds. The lowest BCUT2D eigenvalue weighted by Gasteiger charge is -2.05. The normalized spacial score (nSPS) is 12.3. The van der Waals surface area contributed by atoms with Crippen molar-refractivity contribution in [1.82, 2.24) is 9.82 Å². The summed E-state index contributed by atoms with van der Waals surface area (Å²) in [6.07, 6.45) is 1.43. The van der Waals surface area contributed by atoms with Crippen LogP contribution in [-0.4, -0.2) is 19.6 Å². The van der Waals surface area contributed by atoms with Gasteiger partial charge in [0.1, 0.15) is 0 Å². The number of oxazole rings is 1. The second-order valence-corrected chi connectivity index (χ2v) is 7.51. The van der Waals surface area contributed by atoms with Crippen molar-refractivity contribution in [2.24, 2.45) is 5.10 Å². The number of hydrazone groups is 1. The molecule has 0 spiro atoms. The lowest BCUT2D eigenvalue weighted by atomic mass is 10.0. The molecule has 8 heteroatoms. The van der Waals surface area contributed by atoms with Crippen LogP contribution >= 0.6 is 0 Å². The molecule has 0 aliphatic carbocycles. The standard InChI is InChI=1S/C17H17N3O4S/c1-11(2)13-5-3-12(4-6-13)10-18-20-25(22,23)14-7-8-15-16(9-14)24-17(21)19-15/h3-11,20H,1-2H3,(H,19,21)/b18-10+. The fourth-order valence-corrected chi connectivity index (χ4v) is 3.09. The van der Waals surface area contributed by atoms with Gasteiger partial charge in [0, 0.05) is 6.07 Å². The third-order valence-corrected chi connectivity index (χ3v) is 4.91. The molecule has 2 aromatic carbocycles. The van der Waals surface area contributed by atoms with Gasteiger partial charge in [0.15, 0.2) is 5.58 Å². The van der Waals surface area contributed by atoms with Crippen LogP contribution in [0.15, 0.2) is 61.7 Å². The Morgan fingerprint density at radius 3 is 2.56 bits per heavy atom. The van der Waals surface area contributed by atoms with E-state index in [1.54, 1.807) is 0 Å². The first kappa shape index (κ1) is 17.0. The van der Waals surface area contributed by atoms with E-state index in [1.165, 1.54) is 30.0 Å². The van der Waals surface area contributed by atoms with E-state index in [0.29, 0.717) is 11.4 Å². The SMILES string of the molecule is CC(C)c1ccc(/C=N/NS(=O)(=O)c2ccc3[nH]c(=O)oc3c2)cc1. The third kappa shape index (κ3) is 3.80. The van der Waals surface area contributed by atoms with Crippen molar-refractivity contribution >= 4 is 27.3 Å². The van der Waals surface area contributed by atoms with Crippen LogP contribution in [0, 0.1) is 0 Å². The van der Waals surface area contributed by atoms with E-state index in [0.717, 1.165) is 5.56 Å². The summed E-state index contributed by atoms with van der Waals surface area (Å²) in [4.78, 5) is 15.7. The van der Waals surface area contributed by atoms with Crippen molar-refractivity contribution < 1.29 is 12.8 Å². The molecule has 0 unspecified atom stereocenters. The van der Waals surface area contributed by atoms with E-state index < -0.39 is 15.8 Å².